The van der Waals surface area contributed by atoms with Gasteiger partial charge in [0, 0.05) is 29.8 Å². The highest BCUT2D eigenvalue weighted by Crippen LogP contribution is 2.36. The van der Waals surface area contributed by atoms with Crippen LogP contribution in [0.3, 0.4) is 0 Å². The lowest BCUT2D eigenvalue weighted by atomic mass is 10.0. The minimum Gasteiger partial charge on any atom is -0.431 e. The van der Waals surface area contributed by atoms with Crippen LogP contribution in [0, 0.1) is 10.1 Å². The fraction of sp³-hybridized carbons (Fsp3) is 0.333. The van der Waals surface area contributed by atoms with E-state index in [1.807, 2.05) is 12.1 Å². The van der Waals surface area contributed by atoms with Crippen LogP contribution in [0.5, 0.6) is 5.75 Å². The minimum atomic E-state index is -3.19. The van der Waals surface area contributed by atoms with Crippen molar-refractivity contribution in [1.82, 2.24) is 10.2 Å². The van der Waals surface area contributed by atoms with Gasteiger partial charge in [0.2, 0.25) is 0 Å². The molecular weight excluding hydrogens is 488 g/mol. The molecule has 1 aromatic heterocycles. The Kier molecular flexibility index (Phi) is 6.35. The monoisotopic (exact) mass is 512 g/mol. The number of nitro groups is 1. The first-order valence-corrected chi connectivity index (χ1v) is 13.2. The number of nitrogens with zero attached hydrogens (tertiary/aromatic N) is 2. The van der Waals surface area contributed by atoms with Crippen molar-refractivity contribution in [2.45, 2.75) is 49.0 Å². The van der Waals surface area contributed by atoms with Gasteiger partial charge < -0.3 is 14.8 Å². The standard InChI is InChI=1S/C24H24N4O7S/c29-24(34-19-8-5-18(6-9-19)28(30)31)35-20-7-3-15(13-20)21-14-23(27-26-21)25-17-4-10-22-16(12-17)2-1-11-36(22,32)33/h4-6,8-10,12,14-15,20H,1-3,7,11,13H2,(H2,25,26,27)/t15-,20+/m0/s1. The number of non-ortho nitro benzene ring substituents is 1. The van der Waals surface area contributed by atoms with Gasteiger partial charge in [-0.25, -0.2) is 13.2 Å². The van der Waals surface area contributed by atoms with Crippen molar-refractivity contribution >= 4 is 33.2 Å². The fourth-order valence-electron chi connectivity index (χ4n) is 4.69. The van der Waals surface area contributed by atoms with Crippen LogP contribution in [0.1, 0.15) is 42.9 Å². The molecule has 3 aromatic rings. The van der Waals surface area contributed by atoms with E-state index < -0.39 is 20.9 Å². The van der Waals surface area contributed by atoms with Crippen LogP contribution in [0.2, 0.25) is 0 Å². The number of carbonyl (C=O) groups is 1. The highest BCUT2D eigenvalue weighted by molar-refractivity contribution is 7.91. The maximum Gasteiger partial charge on any atom is 0.514 e. The minimum absolute atomic E-state index is 0.0956. The molecule has 0 unspecified atom stereocenters. The lowest BCUT2D eigenvalue weighted by Gasteiger charge is -2.17. The lowest BCUT2D eigenvalue weighted by molar-refractivity contribution is -0.384. The van der Waals surface area contributed by atoms with Crippen molar-refractivity contribution in [3.8, 4) is 5.75 Å². The number of H-pyrrole nitrogens is 1. The Labute approximate surface area is 206 Å². The molecule has 1 aliphatic heterocycles. The quantitative estimate of drug-likeness (QED) is 0.208. The van der Waals surface area contributed by atoms with Crippen LogP contribution >= 0.6 is 0 Å². The van der Waals surface area contributed by atoms with Gasteiger partial charge in [-0.3, -0.25) is 15.2 Å². The third-order valence-electron chi connectivity index (χ3n) is 6.45. The van der Waals surface area contributed by atoms with Gasteiger partial charge in [-0.1, -0.05) is 0 Å². The number of benzene rings is 2. The number of rotatable bonds is 6. The molecule has 12 heteroatoms. The summed E-state index contributed by atoms with van der Waals surface area (Å²) in [6.45, 7) is 0. The van der Waals surface area contributed by atoms with Gasteiger partial charge in [0.25, 0.3) is 5.69 Å². The van der Waals surface area contributed by atoms with E-state index >= 15 is 0 Å². The fourth-order valence-corrected chi connectivity index (χ4v) is 6.27. The summed E-state index contributed by atoms with van der Waals surface area (Å²) in [6.07, 6.45) is 2.22. The van der Waals surface area contributed by atoms with Crippen molar-refractivity contribution < 1.29 is 27.6 Å². The number of sulfone groups is 1. The van der Waals surface area contributed by atoms with Crippen LogP contribution in [0.4, 0.5) is 22.0 Å². The van der Waals surface area contributed by atoms with Gasteiger partial charge in [0.1, 0.15) is 17.7 Å². The largest absolute Gasteiger partial charge is 0.514 e. The van der Waals surface area contributed by atoms with Gasteiger partial charge in [-0.2, -0.15) is 5.10 Å². The van der Waals surface area contributed by atoms with Crippen molar-refractivity contribution in [1.29, 1.82) is 0 Å². The summed E-state index contributed by atoms with van der Waals surface area (Å²) < 4.78 is 35.0. The van der Waals surface area contributed by atoms with Crippen LogP contribution in [0.15, 0.2) is 53.4 Å². The third kappa shape index (κ3) is 5.18. The maximum absolute atomic E-state index is 12.2. The molecule has 36 heavy (non-hydrogen) atoms. The van der Waals surface area contributed by atoms with Crippen LogP contribution in [-0.4, -0.2) is 41.6 Å². The Morgan fingerprint density at radius 1 is 1.14 bits per heavy atom. The number of nitrogens with one attached hydrogen (secondary N) is 2. The van der Waals surface area contributed by atoms with E-state index in [2.05, 4.69) is 15.5 Å². The summed E-state index contributed by atoms with van der Waals surface area (Å²) in [5, 5.41) is 21.3. The van der Waals surface area contributed by atoms with Gasteiger partial charge in [0.15, 0.2) is 9.84 Å². The normalized spacial score (nSPS) is 20.3. The predicted octanol–water partition coefficient (Wildman–Crippen LogP) is 4.63. The molecule has 1 fully saturated rings. The molecule has 1 saturated carbocycles. The summed E-state index contributed by atoms with van der Waals surface area (Å²) >= 11 is 0. The van der Waals surface area contributed by atoms with Crippen LogP contribution in [-0.2, 0) is 21.0 Å². The zero-order valence-corrected chi connectivity index (χ0v) is 20.0. The number of nitro benzene ring substituents is 1. The van der Waals surface area contributed by atoms with E-state index in [1.54, 1.807) is 12.1 Å². The number of aryl methyl sites for hydroxylation is 1. The molecule has 11 nitrogen and oxygen atoms in total. The van der Waals surface area contributed by atoms with Crippen molar-refractivity contribution in [2.24, 2.45) is 0 Å². The molecule has 0 amide bonds. The molecule has 2 atom stereocenters. The lowest BCUT2D eigenvalue weighted by Crippen LogP contribution is -2.18. The second-order valence-corrected chi connectivity index (χ2v) is 11.0. The molecule has 1 aliphatic carbocycles. The topological polar surface area (TPSA) is 154 Å². The summed E-state index contributed by atoms with van der Waals surface area (Å²) in [5.74, 6) is 1.15. The Bertz CT molecular complexity index is 1400. The predicted molar refractivity (Wildman–Crippen MR) is 129 cm³/mol. The van der Waals surface area contributed by atoms with E-state index in [1.165, 1.54) is 24.3 Å². The van der Waals surface area contributed by atoms with E-state index in [4.69, 9.17) is 9.47 Å². The van der Waals surface area contributed by atoms with E-state index in [9.17, 15) is 23.3 Å². The van der Waals surface area contributed by atoms with Crippen molar-refractivity contribution in [2.75, 3.05) is 11.1 Å². The molecule has 0 bridgehead atoms. The first kappa shape index (κ1) is 23.8. The van der Waals surface area contributed by atoms with Crippen LogP contribution < -0.4 is 10.1 Å². The molecule has 2 aromatic carbocycles. The average Bonchev–Trinajstić information content (AvgIpc) is 3.48. The number of hydrogen-bond acceptors (Lipinski definition) is 9. The number of ether oxygens (including phenoxy) is 2. The molecule has 5 rings (SSSR count). The molecular formula is C24H24N4O7S. The molecule has 2 N–H and O–H groups in total. The first-order valence-electron chi connectivity index (χ1n) is 11.6. The maximum atomic E-state index is 12.2. The highest BCUT2D eigenvalue weighted by atomic mass is 32.2. The highest BCUT2D eigenvalue weighted by Gasteiger charge is 2.31. The average molecular weight is 513 g/mol. The number of anilines is 2. The van der Waals surface area contributed by atoms with Gasteiger partial charge in [-0.05, 0) is 68.0 Å². The van der Waals surface area contributed by atoms with E-state index in [-0.39, 0.29) is 29.2 Å². The van der Waals surface area contributed by atoms with Crippen molar-refractivity contribution in [3.63, 3.8) is 0 Å². The zero-order chi connectivity index (χ0) is 25.3. The zero-order valence-electron chi connectivity index (χ0n) is 19.2. The summed E-state index contributed by atoms with van der Waals surface area (Å²) in [5.41, 5.74) is 2.35. The van der Waals surface area contributed by atoms with Crippen LogP contribution in [0.25, 0.3) is 0 Å². The van der Waals surface area contributed by atoms with E-state index in [0.717, 1.165) is 29.8 Å². The van der Waals surface area contributed by atoms with Gasteiger partial charge >= 0.3 is 6.16 Å². The molecule has 0 saturated heterocycles. The first-order chi connectivity index (χ1) is 17.3. The summed E-state index contributed by atoms with van der Waals surface area (Å²) in [6, 6.07) is 12.4. The number of carbonyl (C=O) groups excluding carboxylic acids is 1. The number of hydrogen-bond donors (Lipinski definition) is 2. The van der Waals surface area contributed by atoms with E-state index in [0.29, 0.717) is 30.0 Å². The van der Waals surface area contributed by atoms with Crippen molar-refractivity contribution in [3.05, 3.63) is 69.9 Å². The second-order valence-electron chi connectivity index (χ2n) is 8.93. The number of aromatic nitrogens is 2. The molecule has 2 heterocycles. The number of aromatic amines is 1. The summed E-state index contributed by atoms with van der Waals surface area (Å²) in [4.78, 5) is 22.7. The Balaban J connectivity index is 1.15. The molecule has 2 aliphatic rings. The number of fused-ring (bicyclic) bond motifs is 1. The van der Waals surface area contributed by atoms with Gasteiger partial charge in [0.05, 0.1) is 21.3 Å². The Morgan fingerprint density at radius 3 is 2.72 bits per heavy atom. The Morgan fingerprint density at radius 2 is 1.94 bits per heavy atom. The molecule has 0 radical (unpaired) electrons. The Hall–Kier alpha value is -3.93. The smallest absolute Gasteiger partial charge is 0.431 e. The molecule has 0 spiro atoms. The summed E-state index contributed by atoms with van der Waals surface area (Å²) in [7, 11) is -3.19. The molecule has 188 valence electrons. The van der Waals surface area contributed by atoms with Gasteiger partial charge in [-0.15, -0.1) is 0 Å². The third-order valence-corrected chi connectivity index (χ3v) is 8.34. The second kappa shape index (κ2) is 9.61. The SMILES string of the molecule is O=C(Oc1ccc([N+](=O)[O-])cc1)O[C@@H]1CC[C@H](c2cc(Nc3ccc4c(c3)CCCS4(=O)=O)[nH]n2)C1.